The molecule has 4 rings (SSSR count). The lowest BCUT2D eigenvalue weighted by Crippen LogP contribution is -2.62. The number of nitrogens with zero attached hydrogens (tertiary/aromatic N) is 2. The Kier molecular flexibility index (Phi) is 7.72. The first-order chi connectivity index (χ1) is 17.5. The summed E-state index contributed by atoms with van der Waals surface area (Å²) in [5, 5.41) is 9.42. The fourth-order valence-electron chi connectivity index (χ4n) is 4.94. The van der Waals surface area contributed by atoms with Crippen molar-refractivity contribution in [1.29, 1.82) is 0 Å². The first-order valence-corrected chi connectivity index (χ1v) is 13.5. The monoisotopic (exact) mass is 541 g/mol. The highest BCUT2D eigenvalue weighted by atomic mass is 32.2. The van der Waals surface area contributed by atoms with Crippen molar-refractivity contribution in [3.8, 4) is 5.75 Å². The molecule has 2 N–H and O–H groups in total. The van der Waals surface area contributed by atoms with Crippen LogP contribution in [0.1, 0.15) is 36.8 Å². The third-order valence-corrected chi connectivity index (χ3v) is 9.83. The van der Waals surface area contributed by atoms with E-state index in [0.717, 1.165) is 23.4 Å². The molecular weight excluding hydrogens is 511 g/mol. The fraction of sp³-hybridized carbons (Fsp3) is 0.480. The van der Waals surface area contributed by atoms with Crippen LogP contribution in [0.15, 0.2) is 48.5 Å². The van der Waals surface area contributed by atoms with Gasteiger partial charge in [-0.2, -0.15) is 13.2 Å². The third kappa shape index (κ3) is 5.55. The van der Waals surface area contributed by atoms with Gasteiger partial charge in [0.05, 0.1) is 5.56 Å². The van der Waals surface area contributed by atoms with Gasteiger partial charge >= 0.3 is 6.18 Å². The van der Waals surface area contributed by atoms with Gasteiger partial charge in [0.2, 0.25) is 10.0 Å². The number of hydrogen-bond acceptors (Lipinski definition) is 6. The molecule has 2 aliphatic rings. The van der Waals surface area contributed by atoms with Gasteiger partial charge in [-0.25, -0.2) is 18.2 Å². The Hall–Kier alpha value is -2.83. The van der Waals surface area contributed by atoms with E-state index in [1.807, 2.05) is 36.1 Å². The number of aryl methyl sites for hydroxylation is 1. The highest BCUT2D eigenvalue weighted by Crippen LogP contribution is 2.37. The second kappa shape index (κ2) is 10.5. The zero-order valence-electron chi connectivity index (χ0n) is 20.4. The summed E-state index contributed by atoms with van der Waals surface area (Å²) in [6, 6.07) is 12.2. The quantitative estimate of drug-likeness (QED) is 0.427. The Morgan fingerprint density at radius 3 is 2.08 bits per heavy atom. The largest absolute Gasteiger partial charge is 0.490 e. The van der Waals surface area contributed by atoms with Crippen LogP contribution in [-0.4, -0.2) is 60.9 Å². The number of sulfonamides is 1. The number of piperidine rings is 2. The molecule has 2 aliphatic heterocycles. The average Bonchev–Trinajstić information content (AvgIpc) is 2.89. The summed E-state index contributed by atoms with van der Waals surface area (Å²) in [6.07, 6.45) is -4.17. The lowest BCUT2D eigenvalue weighted by Gasteiger charge is -2.43. The Labute approximate surface area is 214 Å². The van der Waals surface area contributed by atoms with E-state index in [0.29, 0.717) is 25.9 Å². The number of hydroxylamine groups is 1. The summed E-state index contributed by atoms with van der Waals surface area (Å²) >= 11 is 0. The minimum absolute atomic E-state index is 0.0115. The van der Waals surface area contributed by atoms with Crippen molar-refractivity contribution >= 4 is 21.6 Å². The van der Waals surface area contributed by atoms with Crippen LogP contribution in [0.5, 0.6) is 5.75 Å². The molecule has 0 unspecified atom stereocenters. The summed E-state index contributed by atoms with van der Waals surface area (Å²) in [5.74, 6) is -0.673. The van der Waals surface area contributed by atoms with Gasteiger partial charge in [-0.05, 0) is 69.0 Å². The third-order valence-electron chi connectivity index (χ3n) is 7.20. The standard InChI is InChI=1S/C25H30F3N3O5S/c1-18-2-6-20(7-3-18)30-16-12-24(13-17-30,23(32)29-33)37(34,35)31-14-10-22(11-15-31)36-21-8-4-19(5-9-21)25(26,27)28/h2-9,22,33H,10-17H2,1H3,(H,29,32). The highest BCUT2D eigenvalue weighted by molar-refractivity contribution is 7.91. The van der Waals surface area contributed by atoms with E-state index < -0.39 is 32.4 Å². The number of hydrogen-bond donors (Lipinski definition) is 2. The number of rotatable bonds is 6. The van der Waals surface area contributed by atoms with E-state index in [1.165, 1.54) is 16.4 Å². The van der Waals surface area contributed by atoms with Crippen molar-refractivity contribution in [3.63, 3.8) is 0 Å². The maximum atomic E-state index is 13.7. The van der Waals surface area contributed by atoms with Gasteiger partial charge in [0.25, 0.3) is 5.91 Å². The molecule has 2 heterocycles. The number of carbonyl (C=O) groups excluding carboxylic acids is 1. The van der Waals surface area contributed by atoms with Gasteiger partial charge in [0.1, 0.15) is 11.9 Å². The van der Waals surface area contributed by atoms with Gasteiger partial charge in [-0.3, -0.25) is 10.0 Å². The zero-order valence-corrected chi connectivity index (χ0v) is 21.2. The lowest BCUT2D eigenvalue weighted by molar-refractivity contribution is -0.137. The van der Waals surface area contributed by atoms with E-state index in [9.17, 15) is 31.6 Å². The number of alkyl halides is 3. The predicted octanol–water partition coefficient (Wildman–Crippen LogP) is 3.73. The normalized spacial score (nSPS) is 19.4. The second-order valence-corrected chi connectivity index (χ2v) is 11.7. The summed E-state index contributed by atoms with van der Waals surface area (Å²) in [7, 11) is -4.13. The van der Waals surface area contributed by atoms with E-state index in [1.54, 1.807) is 5.48 Å². The summed E-state index contributed by atoms with van der Waals surface area (Å²) in [6.45, 7) is 2.80. The molecule has 1 amide bonds. The zero-order chi connectivity index (χ0) is 26.8. The SMILES string of the molecule is Cc1ccc(N2CCC(C(=O)NO)(S(=O)(=O)N3CCC(Oc4ccc(C(F)(F)F)cc4)CC3)CC2)cc1. The van der Waals surface area contributed by atoms with Crippen molar-refractivity contribution in [2.75, 3.05) is 31.1 Å². The Morgan fingerprint density at radius 1 is 1.00 bits per heavy atom. The molecule has 2 saturated heterocycles. The molecule has 2 aromatic rings. The van der Waals surface area contributed by atoms with Crippen LogP contribution in [0.3, 0.4) is 0 Å². The molecule has 0 atom stereocenters. The number of carbonyl (C=O) groups is 1. The Morgan fingerprint density at radius 2 is 1.57 bits per heavy atom. The molecule has 0 radical (unpaired) electrons. The van der Waals surface area contributed by atoms with Crippen molar-refractivity contribution in [3.05, 3.63) is 59.7 Å². The van der Waals surface area contributed by atoms with Gasteiger partial charge in [-0.1, -0.05) is 17.7 Å². The molecule has 12 heteroatoms. The van der Waals surface area contributed by atoms with E-state index in [-0.39, 0.29) is 37.8 Å². The van der Waals surface area contributed by atoms with Crippen LogP contribution in [-0.2, 0) is 21.0 Å². The summed E-state index contributed by atoms with van der Waals surface area (Å²) in [4.78, 5) is 14.8. The van der Waals surface area contributed by atoms with Gasteiger partial charge in [0.15, 0.2) is 4.75 Å². The number of amides is 1. The van der Waals surface area contributed by atoms with Crippen molar-refractivity contribution in [2.24, 2.45) is 0 Å². The Balaban J connectivity index is 1.41. The first-order valence-electron chi connectivity index (χ1n) is 12.1. The topological polar surface area (TPSA) is 99.2 Å². The Bertz CT molecular complexity index is 1190. The maximum absolute atomic E-state index is 13.7. The fourth-order valence-corrected chi connectivity index (χ4v) is 7.10. The van der Waals surface area contributed by atoms with E-state index >= 15 is 0 Å². The number of anilines is 1. The molecular formula is C25H30F3N3O5S. The minimum Gasteiger partial charge on any atom is -0.490 e. The van der Waals surface area contributed by atoms with Gasteiger partial charge in [-0.15, -0.1) is 0 Å². The molecule has 0 aromatic heterocycles. The summed E-state index contributed by atoms with van der Waals surface area (Å²) < 4.78 is 71.0. The van der Waals surface area contributed by atoms with Crippen LogP contribution in [0.2, 0.25) is 0 Å². The number of ether oxygens (including phenoxy) is 1. The minimum atomic E-state index is -4.44. The number of halogens is 3. The average molecular weight is 542 g/mol. The van der Waals surface area contributed by atoms with Gasteiger partial charge < -0.3 is 9.64 Å². The molecule has 37 heavy (non-hydrogen) atoms. The van der Waals surface area contributed by atoms with Crippen LogP contribution in [0, 0.1) is 6.92 Å². The maximum Gasteiger partial charge on any atom is 0.416 e. The number of benzene rings is 2. The smallest absolute Gasteiger partial charge is 0.416 e. The molecule has 2 fully saturated rings. The molecule has 0 bridgehead atoms. The van der Waals surface area contributed by atoms with E-state index in [2.05, 4.69) is 0 Å². The molecule has 2 aromatic carbocycles. The van der Waals surface area contributed by atoms with Crippen molar-refractivity contribution in [1.82, 2.24) is 9.79 Å². The molecule has 202 valence electrons. The molecule has 0 saturated carbocycles. The predicted molar refractivity (Wildman–Crippen MR) is 131 cm³/mol. The van der Waals surface area contributed by atoms with Gasteiger partial charge in [0, 0.05) is 31.9 Å². The van der Waals surface area contributed by atoms with Crippen LogP contribution < -0.4 is 15.1 Å². The van der Waals surface area contributed by atoms with Crippen LogP contribution >= 0.6 is 0 Å². The van der Waals surface area contributed by atoms with Crippen LogP contribution in [0.4, 0.5) is 18.9 Å². The molecule has 0 aliphatic carbocycles. The number of nitrogens with one attached hydrogen (secondary N) is 1. The molecule has 8 nitrogen and oxygen atoms in total. The molecule has 0 spiro atoms. The van der Waals surface area contributed by atoms with Crippen molar-refractivity contribution < 1.29 is 36.3 Å². The van der Waals surface area contributed by atoms with E-state index in [4.69, 9.17) is 4.74 Å². The first kappa shape index (κ1) is 27.2. The summed E-state index contributed by atoms with van der Waals surface area (Å²) in [5.41, 5.74) is 2.83. The van der Waals surface area contributed by atoms with Crippen LogP contribution in [0.25, 0.3) is 0 Å². The second-order valence-electron chi connectivity index (χ2n) is 9.50. The highest BCUT2D eigenvalue weighted by Gasteiger charge is 2.55. The van der Waals surface area contributed by atoms with Crippen molar-refractivity contribution in [2.45, 2.75) is 49.6 Å². The lowest BCUT2D eigenvalue weighted by atomic mass is 9.94.